The van der Waals surface area contributed by atoms with Crippen LogP contribution in [0.5, 0.6) is 0 Å². The number of pyridine rings is 1. The van der Waals surface area contributed by atoms with Gasteiger partial charge in [-0.3, -0.25) is 30.2 Å². The number of nitrogens with zero attached hydrogens (tertiary/aromatic N) is 2. The van der Waals surface area contributed by atoms with Crippen molar-refractivity contribution < 1.29 is 19.5 Å². The van der Waals surface area contributed by atoms with Crippen LogP contribution < -0.4 is 15.8 Å². The molecule has 0 radical (unpaired) electrons. The molecule has 0 aliphatic heterocycles. The SMILES string of the molecule is CN(C)c1ccnc(C(=O)NNC(=O)CCC(=O)O)c1. The first-order valence-electron chi connectivity index (χ1n) is 5.84. The van der Waals surface area contributed by atoms with E-state index in [-0.39, 0.29) is 18.5 Å². The number of carboxylic acids is 1. The zero-order valence-corrected chi connectivity index (χ0v) is 11.2. The highest BCUT2D eigenvalue weighted by Gasteiger charge is 2.10. The largest absolute Gasteiger partial charge is 0.481 e. The first-order chi connectivity index (χ1) is 9.40. The van der Waals surface area contributed by atoms with Gasteiger partial charge >= 0.3 is 5.97 Å². The lowest BCUT2D eigenvalue weighted by molar-refractivity contribution is -0.138. The van der Waals surface area contributed by atoms with E-state index >= 15 is 0 Å². The van der Waals surface area contributed by atoms with Gasteiger partial charge in [-0.25, -0.2) is 0 Å². The predicted octanol–water partition coefficient (Wildman–Crippen LogP) is -0.227. The van der Waals surface area contributed by atoms with Gasteiger partial charge in [-0.2, -0.15) is 0 Å². The first-order valence-corrected chi connectivity index (χ1v) is 5.84. The molecule has 0 saturated heterocycles. The van der Waals surface area contributed by atoms with E-state index in [2.05, 4.69) is 15.8 Å². The fourth-order valence-electron chi connectivity index (χ4n) is 1.30. The number of amides is 2. The third-order valence-electron chi connectivity index (χ3n) is 2.37. The number of carboxylic acid groups (broad SMARTS) is 1. The minimum Gasteiger partial charge on any atom is -0.481 e. The van der Waals surface area contributed by atoms with Gasteiger partial charge in [0.25, 0.3) is 5.91 Å². The quantitative estimate of drug-likeness (QED) is 0.643. The summed E-state index contributed by atoms with van der Waals surface area (Å²) in [5, 5.41) is 8.42. The lowest BCUT2D eigenvalue weighted by atomic mass is 10.3. The molecule has 1 heterocycles. The summed E-state index contributed by atoms with van der Waals surface area (Å²) in [5.41, 5.74) is 5.25. The lowest BCUT2D eigenvalue weighted by Crippen LogP contribution is -2.42. The molecule has 1 rings (SSSR count). The van der Waals surface area contributed by atoms with Crippen molar-refractivity contribution in [1.82, 2.24) is 15.8 Å². The van der Waals surface area contributed by atoms with Crippen molar-refractivity contribution in [1.29, 1.82) is 0 Å². The Morgan fingerprint density at radius 1 is 1.25 bits per heavy atom. The van der Waals surface area contributed by atoms with Gasteiger partial charge in [0.05, 0.1) is 6.42 Å². The van der Waals surface area contributed by atoms with E-state index in [0.717, 1.165) is 5.69 Å². The van der Waals surface area contributed by atoms with Crippen LogP contribution >= 0.6 is 0 Å². The van der Waals surface area contributed by atoms with Crippen molar-refractivity contribution in [2.75, 3.05) is 19.0 Å². The zero-order chi connectivity index (χ0) is 15.1. The average molecular weight is 280 g/mol. The molecule has 0 spiro atoms. The number of carbonyl (C=O) groups excluding carboxylic acids is 2. The van der Waals surface area contributed by atoms with Crippen LogP contribution in [-0.2, 0) is 9.59 Å². The molecule has 1 aromatic heterocycles. The Bertz CT molecular complexity index is 516. The molecular weight excluding hydrogens is 264 g/mol. The standard InChI is InChI=1S/C12H16N4O4/c1-16(2)8-5-6-13-9(7-8)12(20)15-14-10(17)3-4-11(18)19/h5-7H,3-4H2,1-2H3,(H,14,17)(H,15,20)(H,18,19). The molecule has 2 amide bonds. The van der Waals surface area contributed by atoms with Crippen LogP contribution in [0.25, 0.3) is 0 Å². The Balaban J connectivity index is 2.52. The van der Waals surface area contributed by atoms with E-state index in [1.165, 1.54) is 6.20 Å². The Morgan fingerprint density at radius 2 is 1.95 bits per heavy atom. The molecule has 3 N–H and O–H groups in total. The molecule has 0 aromatic carbocycles. The summed E-state index contributed by atoms with van der Waals surface area (Å²) in [6, 6.07) is 3.31. The van der Waals surface area contributed by atoms with Gasteiger partial charge in [0.1, 0.15) is 5.69 Å². The molecule has 0 saturated carbocycles. The molecule has 0 aliphatic carbocycles. The van der Waals surface area contributed by atoms with E-state index in [1.807, 2.05) is 19.0 Å². The molecule has 1 aromatic rings. The minimum absolute atomic E-state index is 0.148. The summed E-state index contributed by atoms with van der Waals surface area (Å²) in [5.74, 6) is -2.23. The van der Waals surface area contributed by atoms with Gasteiger partial charge in [0, 0.05) is 32.4 Å². The summed E-state index contributed by atoms with van der Waals surface area (Å²) >= 11 is 0. The van der Waals surface area contributed by atoms with Crippen LogP contribution in [0.2, 0.25) is 0 Å². The van der Waals surface area contributed by atoms with Crippen LogP contribution in [0.15, 0.2) is 18.3 Å². The minimum atomic E-state index is -1.08. The lowest BCUT2D eigenvalue weighted by Gasteiger charge is -2.13. The second-order valence-electron chi connectivity index (χ2n) is 4.19. The molecule has 8 nitrogen and oxygen atoms in total. The van der Waals surface area contributed by atoms with E-state index in [4.69, 9.17) is 5.11 Å². The van der Waals surface area contributed by atoms with Crippen molar-refractivity contribution >= 4 is 23.5 Å². The highest BCUT2D eigenvalue weighted by molar-refractivity contribution is 5.94. The van der Waals surface area contributed by atoms with Crippen molar-refractivity contribution in [3.05, 3.63) is 24.0 Å². The maximum absolute atomic E-state index is 11.7. The number of aliphatic carboxylic acids is 1. The number of carbonyl (C=O) groups is 3. The topological polar surface area (TPSA) is 112 Å². The number of hydrogen-bond donors (Lipinski definition) is 3. The number of hydrogen-bond acceptors (Lipinski definition) is 5. The molecule has 0 bridgehead atoms. The van der Waals surface area contributed by atoms with E-state index in [9.17, 15) is 14.4 Å². The summed E-state index contributed by atoms with van der Waals surface area (Å²) in [6.07, 6.45) is 0.980. The van der Waals surface area contributed by atoms with Crippen LogP contribution in [0.1, 0.15) is 23.3 Å². The van der Waals surface area contributed by atoms with E-state index in [1.54, 1.807) is 12.1 Å². The molecule has 0 unspecified atom stereocenters. The first kappa shape index (κ1) is 15.4. The third kappa shape index (κ3) is 4.92. The van der Waals surface area contributed by atoms with Gasteiger partial charge in [-0.05, 0) is 12.1 Å². The molecule has 0 fully saturated rings. The second-order valence-corrected chi connectivity index (χ2v) is 4.19. The summed E-state index contributed by atoms with van der Waals surface area (Å²) in [6.45, 7) is 0. The number of hydrazine groups is 1. The van der Waals surface area contributed by atoms with Crippen molar-refractivity contribution in [2.45, 2.75) is 12.8 Å². The molecule has 20 heavy (non-hydrogen) atoms. The molecule has 8 heteroatoms. The number of nitrogens with one attached hydrogen (secondary N) is 2. The van der Waals surface area contributed by atoms with Crippen LogP contribution in [0.3, 0.4) is 0 Å². The third-order valence-corrected chi connectivity index (χ3v) is 2.37. The average Bonchev–Trinajstić information content (AvgIpc) is 2.42. The Kier molecular flexibility index (Phi) is 5.45. The maximum Gasteiger partial charge on any atom is 0.303 e. The molecule has 0 atom stereocenters. The van der Waals surface area contributed by atoms with E-state index < -0.39 is 17.8 Å². The summed E-state index contributed by atoms with van der Waals surface area (Å²) in [7, 11) is 3.65. The van der Waals surface area contributed by atoms with Crippen LogP contribution in [-0.4, -0.2) is 42.0 Å². The number of anilines is 1. The van der Waals surface area contributed by atoms with Crippen molar-refractivity contribution in [3.8, 4) is 0 Å². The highest BCUT2D eigenvalue weighted by atomic mass is 16.4. The maximum atomic E-state index is 11.7. The molecular formula is C12H16N4O4. The predicted molar refractivity (Wildman–Crippen MR) is 71.0 cm³/mol. The van der Waals surface area contributed by atoms with Crippen LogP contribution in [0, 0.1) is 0 Å². The van der Waals surface area contributed by atoms with Gasteiger partial charge in [-0.1, -0.05) is 0 Å². The van der Waals surface area contributed by atoms with E-state index in [0.29, 0.717) is 0 Å². The van der Waals surface area contributed by atoms with Gasteiger partial charge < -0.3 is 10.0 Å². The van der Waals surface area contributed by atoms with Gasteiger partial charge in [0.15, 0.2) is 0 Å². The zero-order valence-electron chi connectivity index (χ0n) is 11.2. The monoisotopic (exact) mass is 280 g/mol. The molecule has 0 aliphatic rings. The summed E-state index contributed by atoms with van der Waals surface area (Å²) < 4.78 is 0. The van der Waals surface area contributed by atoms with Gasteiger partial charge in [-0.15, -0.1) is 0 Å². The van der Waals surface area contributed by atoms with Crippen molar-refractivity contribution in [2.24, 2.45) is 0 Å². The van der Waals surface area contributed by atoms with Gasteiger partial charge in [0.2, 0.25) is 5.91 Å². The second kappa shape index (κ2) is 7.07. The molecule has 108 valence electrons. The fourth-order valence-corrected chi connectivity index (χ4v) is 1.30. The van der Waals surface area contributed by atoms with Crippen LogP contribution in [0.4, 0.5) is 5.69 Å². The number of aromatic nitrogens is 1. The normalized spacial score (nSPS) is 9.70. The summed E-state index contributed by atoms with van der Waals surface area (Å²) in [4.78, 5) is 39.0. The smallest absolute Gasteiger partial charge is 0.303 e. The Hall–Kier alpha value is -2.64. The fraction of sp³-hybridized carbons (Fsp3) is 0.333. The highest BCUT2D eigenvalue weighted by Crippen LogP contribution is 2.10. The Labute approximate surface area is 115 Å². The Morgan fingerprint density at radius 3 is 2.55 bits per heavy atom. The van der Waals surface area contributed by atoms with Crippen molar-refractivity contribution in [3.63, 3.8) is 0 Å². The number of rotatable bonds is 5.